The molecule has 0 bridgehead atoms. The molecule has 0 unspecified atom stereocenters. The van der Waals surface area contributed by atoms with Gasteiger partial charge >= 0.3 is 0 Å². The number of benzene rings is 2. The molecule has 24 heavy (non-hydrogen) atoms. The van der Waals surface area contributed by atoms with Gasteiger partial charge in [0.15, 0.2) is 5.16 Å². The molecule has 4 nitrogen and oxygen atoms in total. The van der Waals surface area contributed by atoms with Gasteiger partial charge in [0.2, 0.25) is 0 Å². The van der Waals surface area contributed by atoms with Crippen LogP contribution in [0.1, 0.15) is 10.4 Å². The molecule has 1 aromatic heterocycles. The molecule has 1 heterocycles. The van der Waals surface area contributed by atoms with Gasteiger partial charge in [-0.15, -0.1) is 0 Å². The summed E-state index contributed by atoms with van der Waals surface area (Å²) in [5.41, 5.74) is 1.13. The summed E-state index contributed by atoms with van der Waals surface area (Å²) < 4.78 is 15.6. The van der Waals surface area contributed by atoms with Crippen molar-refractivity contribution in [2.75, 3.05) is 5.32 Å². The van der Waals surface area contributed by atoms with Crippen LogP contribution in [0.4, 0.5) is 10.1 Å². The number of carbonyl (C=O) groups excluding carboxylic acids is 1. The highest BCUT2D eigenvalue weighted by atomic mass is 127. The van der Waals surface area contributed by atoms with Gasteiger partial charge in [0, 0.05) is 33.6 Å². The van der Waals surface area contributed by atoms with E-state index in [0.29, 0.717) is 14.8 Å². The van der Waals surface area contributed by atoms with Crippen LogP contribution in [0.25, 0.3) is 0 Å². The minimum atomic E-state index is -0.355. The van der Waals surface area contributed by atoms with Crippen LogP contribution < -0.4 is 5.32 Å². The molecule has 3 rings (SSSR count). The fourth-order valence-corrected chi connectivity index (χ4v) is 3.56. The van der Waals surface area contributed by atoms with E-state index in [0.717, 1.165) is 10.1 Å². The molecule has 0 saturated carbocycles. The summed E-state index contributed by atoms with van der Waals surface area (Å²) in [6.45, 7) is 0. The van der Waals surface area contributed by atoms with E-state index in [4.69, 9.17) is 0 Å². The van der Waals surface area contributed by atoms with Crippen molar-refractivity contribution in [3.05, 3.63) is 69.8 Å². The lowest BCUT2D eigenvalue weighted by Crippen LogP contribution is -2.13. The Morgan fingerprint density at radius 1 is 1.25 bits per heavy atom. The zero-order chi connectivity index (χ0) is 17.1. The summed E-state index contributed by atoms with van der Waals surface area (Å²) in [6.07, 6.45) is 3.64. The zero-order valence-electron chi connectivity index (χ0n) is 12.7. The fraction of sp³-hybridized carbons (Fsp3) is 0.0588. The highest BCUT2D eigenvalue weighted by Gasteiger charge is 2.11. The first-order chi connectivity index (χ1) is 11.5. The van der Waals surface area contributed by atoms with Gasteiger partial charge in [-0.05, 0) is 65.1 Å². The Kier molecular flexibility index (Phi) is 5.20. The van der Waals surface area contributed by atoms with E-state index >= 15 is 0 Å². The number of hydrogen-bond acceptors (Lipinski definition) is 3. The number of nitrogens with zero attached hydrogens (tertiary/aromatic N) is 2. The lowest BCUT2D eigenvalue weighted by atomic mass is 10.2. The minimum Gasteiger partial charge on any atom is -0.329 e. The van der Waals surface area contributed by atoms with Gasteiger partial charge in [-0.1, -0.05) is 11.8 Å². The van der Waals surface area contributed by atoms with Crippen LogP contribution in [0.15, 0.2) is 64.9 Å². The van der Waals surface area contributed by atoms with Crippen LogP contribution in [0, 0.1) is 9.39 Å². The SMILES string of the molecule is Cn1ccnc1Sc1ccc(NC(=O)c2ccc(F)cc2I)cc1. The Bertz CT molecular complexity index is 880. The predicted molar refractivity (Wildman–Crippen MR) is 101 cm³/mol. The van der Waals surface area contributed by atoms with E-state index in [1.54, 1.807) is 18.0 Å². The number of aryl methyl sites for hydroxylation is 1. The van der Waals surface area contributed by atoms with E-state index in [9.17, 15) is 9.18 Å². The van der Waals surface area contributed by atoms with Gasteiger partial charge in [-0.25, -0.2) is 9.37 Å². The van der Waals surface area contributed by atoms with Crippen molar-refractivity contribution in [3.63, 3.8) is 0 Å². The van der Waals surface area contributed by atoms with Gasteiger partial charge in [0.25, 0.3) is 5.91 Å². The van der Waals surface area contributed by atoms with Crippen molar-refractivity contribution in [1.82, 2.24) is 9.55 Å². The molecule has 0 atom stereocenters. The van der Waals surface area contributed by atoms with Crippen LogP contribution in [0.5, 0.6) is 0 Å². The van der Waals surface area contributed by atoms with Crippen molar-refractivity contribution in [2.45, 2.75) is 10.1 Å². The summed E-state index contributed by atoms with van der Waals surface area (Å²) in [7, 11) is 1.94. The summed E-state index contributed by atoms with van der Waals surface area (Å²) in [5, 5.41) is 3.72. The van der Waals surface area contributed by atoms with Crippen LogP contribution in [0.2, 0.25) is 0 Å². The van der Waals surface area contributed by atoms with Gasteiger partial charge in [0.1, 0.15) is 5.82 Å². The number of aromatic nitrogens is 2. The number of imidazole rings is 1. The predicted octanol–water partition coefficient (Wildman–Crippen LogP) is 4.57. The molecule has 3 aromatic rings. The third-order valence-electron chi connectivity index (χ3n) is 3.27. The molecule has 1 amide bonds. The standard InChI is InChI=1S/C17H13FIN3OS/c1-22-9-8-20-17(22)24-13-5-3-12(4-6-13)21-16(23)14-7-2-11(18)10-15(14)19/h2-10H,1H3,(H,21,23). The average Bonchev–Trinajstić information content (AvgIpc) is 2.94. The Balaban J connectivity index is 1.69. The molecule has 1 N–H and O–H groups in total. The van der Waals surface area contributed by atoms with Gasteiger partial charge in [-0.2, -0.15) is 0 Å². The highest BCUT2D eigenvalue weighted by Crippen LogP contribution is 2.27. The monoisotopic (exact) mass is 453 g/mol. The number of nitrogens with one attached hydrogen (secondary N) is 1. The van der Waals surface area contributed by atoms with Gasteiger partial charge in [0.05, 0.1) is 5.56 Å². The minimum absolute atomic E-state index is 0.260. The molecule has 7 heteroatoms. The first-order valence-corrected chi connectivity index (χ1v) is 8.94. The maximum atomic E-state index is 13.1. The van der Waals surface area contributed by atoms with Gasteiger partial charge in [-0.3, -0.25) is 4.79 Å². The van der Waals surface area contributed by atoms with Crippen molar-refractivity contribution in [2.24, 2.45) is 7.05 Å². The molecular formula is C17H13FIN3OS. The second-order valence-corrected chi connectivity index (χ2v) is 7.23. The Morgan fingerprint density at radius 3 is 2.62 bits per heavy atom. The molecule has 0 aliphatic carbocycles. The summed E-state index contributed by atoms with van der Waals surface area (Å²) in [5.74, 6) is -0.615. The number of anilines is 1. The number of carbonyl (C=O) groups is 1. The maximum Gasteiger partial charge on any atom is 0.256 e. The summed E-state index contributed by atoms with van der Waals surface area (Å²) in [6, 6.07) is 11.6. The van der Waals surface area contributed by atoms with Crippen LogP contribution >= 0.6 is 34.4 Å². The molecule has 0 aliphatic heterocycles. The maximum absolute atomic E-state index is 13.1. The van der Waals surface area contributed by atoms with E-state index < -0.39 is 0 Å². The van der Waals surface area contributed by atoms with Crippen molar-refractivity contribution in [1.29, 1.82) is 0 Å². The highest BCUT2D eigenvalue weighted by molar-refractivity contribution is 14.1. The first kappa shape index (κ1) is 17.0. The average molecular weight is 453 g/mol. The normalized spacial score (nSPS) is 10.6. The van der Waals surface area contributed by atoms with Crippen LogP contribution in [-0.2, 0) is 7.05 Å². The molecule has 0 aliphatic rings. The second kappa shape index (κ2) is 7.35. The van der Waals surface area contributed by atoms with Crippen molar-refractivity contribution >= 4 is 45.9 Å². The Hall–Kier alpha value is -1.87. The molecule has 0 radical (unpaired) electrons. The Morgan fingerprint density at radius 2 is 2.00 bits per heavy atom. The Labute approximate surface area is 156 Å². The first-order valence-electron chi connectivity index (χ1n) is 7.04. The largest absolute Gasteiger partial charge is 0.329 e. The number of rotatable bonds is 4. The molecular weight excluding hydrogens is 440 g/mol. The van der Waals surface area contributed by atoms with E-state index in [2.05, 4.69) is 10.3 Å². The third kappa shape index (κ3) is 3.96. The molecule has 2 aromatic carbocycles. The lowest BCUT2D eigenvalue weighted by Gasteiger charge is -2.08. The van der Waals surface area contributed by atoms with E-state index in [-0.39, 0.29) is 11.7 Å². The summed E-state index contributed by atoms with van der Waals surface area (Å²) in [4.78, 5) is 17.6. The van der Waals surface area contributed by atoms with Crippen LogP contribution in [-0.4, -0.2) is 15.5 Å². The number of hydrogen-bond donors (Lipinski definition) is 1. The van der Waals surface area contributed by atoms with E-state index in [1.807, 2.05) is 64.7 Å². The van der Waals surface area contributed by atoms with Gasteiger partial charge < -0.3 is 9.88 Å². The van der Waals surface area contributed by atoms with Crippen molar-refractivity contribution in [3.8, 4) is 0 Å². The number of amides is 1. The number of halogens is 2. The van der Waals surface area contributed by atoms with E-state index in [1.165, 1.54) is 18.2 Å². The summed E-state index contributed by atoms with van der Waals surface area (Å²) >= 11 is 3.50. The smallest absolute Gasteiger partial charge is 0.256 e. The fourth-order valence-electron chi connectivity index (χ4n) is 2.03. The topological polar surface area (TPSA) is 46.9 Å². The molecule has 0 spiro atoms. The molecule has 122 valence electrons. The molecule has 0 saturated heterocycles. The third-order valence-corrected chi connectivity index (χ3v) is 5.25. The second-order valence-electron chi connectivity index (χ2n) is 5.03. The van der Waals surface area contributed by atoms with Crippen LogP contribution in [0.3, 0.4) is 0 Å². The molecule has 0 fully saturated rings. The quantitative estimate of drug-likeness (QED) is 0.589. The zero-order valence-corrected chi connectivity index (χ0v) is 15.6. The van der Waals surface area contributed by atoms with Crippen molar-refractivity contribution < 1.29 is 9.18 Å². The lowest BCUT2D eigenvalue weighted by molar-refractivity contribution is 0.102.